The standard InChI is InChI=1S/C56H39N3/c1-5-21-42(22-6-1)57(43-23-7-2-8-24-43)46-36-41(52-38-40-20-13-14-29-48(40)49-30-15-16-31-50(49)52)37-47(39-46)58(44-25-9-3-10-26-44)54-34-19-35-55-56(54)51-32-17-18-33-53(51)59(55)45-27-11-4-12-28-45/h1-39H. The van der Waals surface area contributed by atoms with E-state index in [1.807, 2.05) is 0 Å². The van der Waals surface area contributed by atoms with Gasteiger partial charge >= 0.3 is 0 Å². The second-order valence-corrected chi connectivity index (χ2v) is 15.0. The summed E-state index contributed by atoms with van der Waals surface area (Å²) in [6.07, 6.45) is 0. The van der Waals surface area contributed by atoms with E-state index >= 15 is 0 Å². The molecular formula is C56H39N3. The molecular weight excluding hydrogens is 715 g/mol. The zero-order valence-corrected chi connectivity index (χ0v) is 32.4. The monoisotopic (exact) mass is 753 g/mol. The van der Waals surface area contributed by atoms with Crippen LogP contribution in [0.15, 0.2) is 237 Å². The maximum absolute atomic E-state index is 2.45. The molecule has 3 heteroatoms. The third kappa shape index (κ3) is 6.00. The van der Waals surface area contributed by atoms with Crippen LogP contribution >= 0.6 is 0 Å². The van der Waals surface area contributed by atoms with Gasteiger partial charge in [0.25, 0.3) is 0 Å². The van der Waals surface area contributed by atoms with E-state index in [2.05, 4.69) is 251 Å². The molecule has 0 N–H and O–H groups in total. The van der Waals surface area contributed by atoms with Crippen LogP contribution in [0, 0.1) is 0 Å². The van der Waals surface area contributed by atoms with Crippen LogP contribution in [0.1, 0.15) is 0 Å². The molecule has 11 aromatic rings. The quantitative estimate of drug-likeness (QED) is 0.143. The summed E-state index contributed by atoms with van der Waals surface area (Å²) < 4.78 is 2.40. The van der Waals surface area contributed by atoms with Crippen LogP contribution in [0.3, 0.4) is 0 Å². The van der Waals surface area contributed by atoms with Crippen molar-refractivity contribution in [2.45, 2.75) is 0 Å². The number of hydrogen-bond acceptors (Lipinski definition) is 2. The van der Waals surface area contributed by atoms with E-state index in [4.69, 9.17) is 0 Å². The fourth-order valence-corrected chi connectivity index (χ4v) is 8.95. The normalized spacial score (nSPS) is 11.4. The van der Waals surface area contributed by atoms with Crippen LogP contribution in [0.2, 0.25) is 0 Å². The molecule has 0 aliphatic heterocycles. The molecule has 0 radical (unpaired) electrons. The lowest BCUT2D eigenvalue weighted by atomic mass is 9.92. The Hall–Kier alpha value is -7.88. The second kappa shape index (κ2) is 14.6. The number of fused-ring (bicyclic) bond motifs is 6. The van der Waals surface area contributed by atoms with Gasteiger partial charge in [-0.25, -0.2) is 0 Å². The van der Waals surface area contributed by atoms with Gasteiger partial charge in [-0.15, -0.1) is 0 Å². The van der Waals surface area contributed by atoms with Gasteiger partial charge in [0.1, 0.15) is 0 Å². The van der Waals surface area contributed by atoms with E-state index in [0.717, 1.165) is 50.9 Å². The largest absolute Gasteiger partial charge is 0.310 e. The number of rotatable bonds is 8. The average Bonchev–Trinajstić information content (AvgIpc) is 3.65. The summed E-state index contributed by atoms with van der Waals surface area (Å²) in [5.41, 5.74) is 12.3. The van der Waals surface area contributed by atoms with Gasteiger partial charge in [-0.3, -0.25) is 0 Å². The summed E-state index contributed by atoms with van der Waals surface area (Å²) in [6.45, 7) is 0. The number of aromatic nitrogens is 1. The van der Waals surface area contributed by atoms with Gasteiger partial charge in [0, 0.05) is 44.9 Å². The minimum absolute atomic E-state index is 1.06. The van der Waals surface area contributed by atoms with Crippen LogP contribution in [-0.4, -0.2) is 4.57 Å². The van der Waals surface area contributed by atoms with Crippen molar-refractivity contribution in [1.82, 2.24) is 4.57 Å². The summed E-state index contributed by atoms with van der Waals surface area (Å²) in [5, 5.41) is 7.34. The lowest BCUT2D eigenvalue weighted by Gasteiger charge is -2.31. The van der Waals surface area contributed by atoms with Crippen molar-refractivity contribution in [3.8, 4) is 16.8 Å². The lowest BCUT2D eigenvalue weighted by Crippen LogP contribution is -2.14. The van der Waals surface area contributed by atoms with Gasteiger partial charge in [0.05, 0.1) is 16.7 Å². The van der Waals surface area contributed by atoms with Gasteiger partial charge in [-0.2, -0.15) is 0 Å². The Morgan fingerprint density at radius 3 is 1.46 bits per heavy atom. The maximum Gasteiger partial charge on any atom is 0.0562 e. The van der Waals surface area contributed by atoms with Crippen LogP contribution in [0.4, 0.5) is 34.1 Å². The SMILES string of the molecule is c1ccc(N(c2ccccc2)c2cc(-c3cc4ccccc4c4ccccc34)cc(N(c3ccccc3)c3cccc4c3c3ccccc3n4-c3ccccc3)c2)cc1. The summed E-state index contributed by atoms with van der Waals surface area (Å²) in [5.74, 6) is 0. The number of hydrogen-bond donors (Lipinski definition) is 0. The molecule has 0 saturated carbocycles. The topological polar surface area (TPSA) is 11.4 Å². The van der Waals surface area contributed by atoms with Crippen LogP contribution in [0.25, 0.3) is 60.2 Å². The fraction of sp³-hybridized carbons (Fsp3) is 0. The van der Waals surface area contributed by atoms with Gasteiger partial charge in [0.2, 0.25) is 0 Å². The van der Waals surface area contributed by atoms with E-state index in [0.29, 0.717) is 0 Å². The third-order valence-corrected chi connectivity index (χ3v) is 11.5. The Labute approximate surface area is 343 Å². The average molecular weight is 754 g/mol. The molecule has 0 bridgehead atoms. The van der Waals surface area contributed by atoms with Crippen molar-refractivity contribution >= 4 is 77.5 Å². The van der Waals surface area contributed by atoms with Gasteiger partial charge in [-0.1, -0.05) is 146 Å². The Bertz CT molecular complexity index is 3220. The Balaban J connectivity index is 1.25. The molecule has 0 spiro atoms. The molecule has 0 fully saturated rings. The van der Waals surface area contributed by atoms with Crippen molar-refractivity contribution in [3.63, 3.8) is 0 Å². The maximum atomic E-state index is 2.45. The molecule has 1 aromatic heterocycles. The number of nitrogens with zero attached hydrogens (tertiary/aromatic N) is 3. The van der Waals surface area contributed by atoms with Crippen molar-refractivity contribution in [3.05, 3.63) is 237 Å². The highest BCUT2D eigenvalue weighted by Crippen LogP contribution is 2.48. The van der Waals surface area contributed by atoms with Crippen molar-refractivity contribution < 1.29 is 0 Å². The second-order valence-electron chi connectivity index (χ2n) is 15.0. The smallest absolute Gasteiger partial charge is 0.0562 e. The zero-order chi connectivity index (χ0) is 39.1. The summed E-state index contributed by atoms with van der Waals surface area (Å²) >= 11 is 0. The molecule has 3 nitrogen and oxygen atoms in total. The molecule has 1 heterocycles. The van der Waals surface area contributed by atoms with Gasteiger partial charge in [-0.05, 0) is 124 Å². The predicted octanol–water partition coefficient (Wildman–Crippen LogP) is 15.7. The van der Waals surface area contributed by atoms with Crippen molar-refractivity contribution in [2.24, 2.45) is 0 Å². The third-order valence-electron chi connectivity index (χ3n) is 11.5. The Morgan fingerprint density at radius 1 is 0.305 bits per heavy atom. The molecule has 278 valence electrons. The van der Waals surface area contributed by atoms with E-state index < -0.39 is 0 Å². The summed E-state index contributed by atoms with van der Waals surface area (Å²) in [6, 6.07) is 85.5. The molecule has 59 heavy (non-hydrogen) atoms. The first-order valence-electron chi connectivity index (χ1n) is 20.2. The van der Waals surface area contributed by atoms with Gasteiger partial charge in [0.15, 0.2) is 0 Å². The van der Waals surface area contributed by atoms with Crippen LogP contribution < -0.4 is 9.80 Å². The van der Waals surface area contributed by atoms with Crippen LogP contribution in [-0.2, 0) is 0 Å². The molecule has 0 aliphatic rings. The first-order valence-corrected chi connectivity index (χ1v) is 20.2. The molecule has 11 rings (SSSR count). The highest BCUT2D eigenvalue weighted by molar-refractivity contribution is 6.17. The van der Waals surface area contributed by atoms with E-state index in [9.17, 15) is 0 Å². The van der Waals surface area contributed by atoms with E-state index in [1.54, 1.807) is 0 Å². The number of anilines is 6. The van der Waals surface area contributed by atoms with Crippen LogP contribution in [0.5, 0.6) is 0 Å². The summed E-state index contributed by atoms with van der Waals surface area (Å²) in [4.78, 5) is 4.83. The minimum atomic E-state index is 1.06. The predicted molar refractivity (Wildman–Crippen MR) is 251 cm³/mol. The first kappa shape index (κ1) is 34.4. The van der Waals surface area contributed by atoms with E-state index in [1.165, 1.54) is 43.4 Å². The minimum Gasteiger partial charge on any atom is -0.310 e. The molecule has 0 unspecified atom stereocenters. The Kier molecular flexibility index (Phi) is 8.49. The van der Waals surface area contributed by atoms with Crippen molar-refractivity contribution in [1.29, 1.82) is 0 Å². The summed E-state index contributed by atoms with van der Waals surface area (Å²) in [7, 11) is 0. The molecule has 0 atom stereocenters. The zero-order valence-electron chi connectivity index (χ0n) is 32.4. The molecule has 0 saturated heterocycles. The lowest BCUT2D eigenvalue weighted by molar-refractivity contribution is 1.18. The highest BCUT2D eigenvalue weighted by Gasteiger charge is 2.24. The Morgan fingerprint density at radius 2 is 0.797 bits per heavy atom. The number of benzene rings is 10. The highest BCUT2D eigenvalue weighted by atomic mass is 15.2. The number of para-hydroxylation sites is 5. The van der Waals surface area contributed by atoms with E-state index in [-0.39, 0.29) is 0 Å². The first-order chi connectivity index (χ1) is 29.3. The van der Waals surface area contributed by atoms with Gasteiger partial charge < -0.3 is 14.4 Å². The molecule has 0 aliphatic carbocycles. The van der Waals surface area contributed by atoms with Crippen molar-refractivity contribution in [2.75, 3.05) is 9.80 Å². The fourth-order valence-electron chi connectivity index (χ4n) is 8.95. The molecule has 10 aromatic carbocycles. The molecule has 0 amide bonds.